The topological polar surface area (TPSA) is 58.7 Å². The van der Waals surface area contributed by atoms with Crippen LogP contribution >= 0.6 is 0 Å². The van der Waals surface area contributed by atoms with Gasteiger partial charge < -0.3 is 20.5 Å². The number of rotatable bonds is 3. The molecule has 2 atom stereocenters. The molecular weight excluding hydrogens is 216 g/mol. The van der Waals surface area contributed by atoms with Crippen LogP contribution in [-0.4, -0.2) is 37.5 Å². The number of hydrogen-bond donors (Lipinski definition) is 2. The summed E-state index contributed by atoms with van der Waals surface area (Å²) in [6.07, 6.45) is 0. The van der Waals surface area contributed by atoms with E-state index in [1.54, 1.807) is 0 Å². The summed E-state index contributed by atoms with van der Waals surface area (Å²) in [6.45, 7) is 4.16. The molecule has 1 aliphatic rings. The Bertz CT molecular complexity index is 368. The fraction of sp³-hybridized carbons (Fsp3) is 0.538. The van der Waals surface area contributed by atoms with Crippen molar-refractivity contribution in [1.29, 1.82) is 0 Å². The van der Waals surface area contributed by atoms with E-state index < -0.39 is 0 Å². The third kappa shape index (κ3) is 2.60. The largest absolute Gasteiger partial charge is 0.394 e. The Balaban J connectivity index is 2.31. The van der Waals surface area contributed by atoms with Crippen LogP contribution in [0.4, 0.5) is 5.69 Å². The number of aliphatic hydroxyl groups is 1. The summed E-state index contributed by atoms with van der Waals surface area (Å²) < 4.78 is 5.39. The molecule has 0 aliphatic carbocycles. The molecule has 0 aromatic heterocycles. The lowest BCUT2D eigenvalue weighted by molar-refractivity contribution is 0.0726. The van der Waals surface area contributed by atoms with Crippen LogP contribution in [0.25, 0.3) is 0 Å². The second kappa shape index (κ2) is 5.49. The SMILES string of the molecule is C[C@H](N)c1ccccc1N1CCOCC1CO. The fourth-order valence-electron chi connectivity index (χ4n) is 2.26. The van der Waals surface area contributed by atoms with Crippen LogP contribution in [0, 0.1) is 0 Å². The lowest BCUT2D eigenvalue weighted by atomic mass is 10.0. The van der Waals surface area contributed by atoms with Crippen LogP contribution in [0.3, 0.4) is 0 Å². The van der Waals surface area contributed by atoms with E-state index in [0.717, 1.165) is 17.8 Å². The second-order valence-corrected chi connectivity index (χ2v) is 4.45. The summed E-state index contributed by atoms with van der Waals surface area (Å²) in [5, 5.41) is 9.40. The molecule has 0 saturated carbocycles. The van der Waals surface area contributed by atoms with Crippen molar-refractivity contribution in [2.24, 2.45) is 5.73 Å². The Hall–Kier alpha value is -1.10. The van der Waals surface area contributed by atoms with Gasteiger partial charge in [0.15, 0.2) is 0 Å². The van der Waals surface area contributed by atoms with Crippen molar-refractivity contribution >= 4 is 5.69 Å². The lowest BCUT2D eigenvalue weighted by Gasteiger charge is -2.37. The third-order valence-corrected chi connectivity index (χ3v) is 3.18. The Morgan fingerprint density at radius 2 is 2.29 bits per heavy atom. The quantitative estimate of drug-likeness (QED) is 0.819. The number of para-hydroxylation sites is 1. The molecule has 1 saturated heterocycles. The normalized spacial score (nSPS) is 22.5. The van der Waals surface area contributed by atoms with Crippen molar-refractivity contribution < 1.29 is 9.84 Å². The monoisotopic (exact) mass is 236 g/mol. The molecule has 0 amide bonds. The van der Waals surface area contributed by atoms with Crippen molar-refractivity contribution in [1.82, 2.24) is 0 Å². The zero-order valence-corrected chi connectivity index (χ0v) is 10.2. The lowest BCUT2D eigenvalue weighted by Crippen LogP contribution is -2.48. The summed E-state index contributed by atoms with van der Waals surface area (Å²) in [6, 6.07) is 8.13. The van der Waals surface area contributed by atoms with Crippen molar-refractivity contribution in [2.75, 3.05) is 31.3 Å². The minimum Gasteiger partial charge on any atom is -0.394 e. The van der Waals surface area contributed by atoms with E-state index in [9.17, 15) is 5.11 Å². The number of hydrogen-bond acceptors (Lipinski definition) is 4. The highest BCUT2D eigenvalue weighted by molar-refractivity contribution is 5.56. The van der Waals surface area contributed by atoms with Gasteiger partial charge in [-0.05, 0) is 18.6 Å². The number of benzene rings is 1. The number of ether oxygens (including phenoxy) is 1. The van der Waals surface area contributed by atoms with Crippen molar-refractivity contribution in [2.45, 2.75) is 19.0 Å². The predicted octanol–water partition coefficient (Wildman–Crippen LogP) is 0.904. The zero-order valence-electron chi connectivity index (χ0n) is 10.2. The zero-order chi connectivity index (χ0) is 12.3. The standard InChI is InChI=1S/C13H20N2O2/c1-10(14)12-4-2-3-5-13(12)15-6-7-17-9-11(15)8-16/h2-5,10-11,16H,6-9,14H2,1H3/t10-,11?/m0/s1. The molecule has 94 valence electrons. The van der Waals surface area contributed by atoms with Gasteiger partial charge in [-0.25, -0.2) is 0 Å². The van der Waals surface area contributed by atoms with Crippen molar-refractivity contribution in [3.63, 3.8) is 0 Å². The molecule has 17 heavy (non-hydrogen) atoms. The van der Waals surface area contributed by atoms with E-state index in [1.807, 2.05) is 25.1 Å². The predicted molar refractivity (Wildman–Crippen MR) is 68.1 cm³/mol. The van der Waals surface area contributed by atoms with Crippen LogP contribution in [-0.2, 0) is 4.74 Å². The fourth-order valence-corrected chi connectivity index (χ4v) is 2.26. The summed E-state index contributed by atoms with van der Waals surface area (Å²) >= 11 is 0. The Labute approximate surface area is 102 Å². The minimum atomic E-state index is -0.00612. The molecule has 1 aliphatic heterocycles. The number of aliphatic hydroxyl groups excluding tert-OH is 1. The maximum atomic E-state index is 9.40. The maximum absolute atomic E-state index is 9.40. The first-order chi connectivity index (χ1) is 8.24. The molecule has 0 spiro atoms. The summed E-state index contributed by atoms with van der Waals surface area (Å²) in [5.74, 6) is 0. The third-order valence-electron chi connectivity index (χ3n) is 3.18. The highest BCUT2D eigenvalue weighted by atomic mass is 16.5. The molecule has 3 N–H and O–H groups in total. The van der Waals surface area contributed by atoms with Gasteiger partial charge in [-0.3, -0.25) is 0 Å². The molecule has 1 aromatic rings. The van der Waals surface area contributed by atoms with E-state index >= 15 is 0 Å². The van der Waals surface area contributed by atoms with Crippen molar-refractivity contribution in [3.05, 3.63) is 29.8 Å². The van der Waals surface area contributed by atoms with Gasteiger partial charge in [0, 0.05) is 18.3 Å². The average Bonchev–Trinajstić information content (AvgIpc) is 2.38. The van der Waals surface area contributed by atoms with E-state index in [2.05, 4.69) is 11.0 Å². The number of nitrogens with zero attached hydrogens (tertiary/aromatic N) is 1. The molecule has 2 rings (SSSR count). The van der Waals surface area contributed by atoms with Crippen LogP contribution in [0.1, 0.15) is 18.5 Å². The molecule has 1 unspecified atom stereocenters. The maximum Gasteiger partial charge on any atom is 0.0755 e. The molecule has 1 fully saturated rings. The highest BCUT2D eigenvalue weighted by Gasteiger charge is 2.24. The van der Waals surface area contributed by atoms with Gasteiger partial charge in [0.2, 0.25) is 0 Å². The number of morpholine rings is 1. The van der Waals surface area contributed by atoms with Gasteiger partial charge in [0.05, 0.1) is 25.9 Å². The van der Waals surface area contributed by atoms with E-state index in [-0.39, 0.29) is 18.7 Å². The first-order valence-electron chi connectivity index (χ1n) is 6.03. The molecule has 0 bridgehead atoms. The average molecular weight is 236 g/mol. The van der Waals surface area contributed by atoms with Gasteiger partial charge in [-0.2, -0.15) is 0 Å². The van der Waals surface area contributed by atoms with Gasteiger partial charge in [0.1, 0.15) is 0 Å². The van der Waals surface area contributed by atoms with E-state index in [1.165, 1.54) is 0 Å². The van der Waals surface area contributed by atoms with Crippen LogP contribution in [0.2, 0.25) is 0 Å². The minimum absolute atomic E-state index is 0.00612. The Morgan fingerprint density at radius 3 is 3.00 bits per heavy atom. The molecule has 0 radical (unpaired) electrons. The van der Waals surface area contributed by atoms with E-state index in [0.29, 0.717) is 13.2 Å². The van der Waals surface area contributed by atoms with Gasteiger partial charge in [0.25, 0.3) is 0 Å². The molecule has 1 aromatic carbocycles. The Kier molecular flexibility index (Phi) is 3.99. The summed E-state index contributed by atoms with van der Waals surface area (Å²) in [4.78, 5) is 2.20. The smallest absolute Gasteiger partial charge is 0.0755 e. The summed E-state index contributed by atoms with van der Waals surface area (Å²) in [7, 11) is 0. The van der Waals surface area contributed by atoms with Crippen LogP contribution < -0.4 is 10.6 Å². The van der Waals surface area contributed by atoms with Crippen LogP contribution in [0.15, 0.2) is 24.3 Å². The first-order valence-corrected chi connectivity index (χ1v) is 6.03. The van der Waals surface area contributed by atoms with Crippen LogP contribution in [0.5, 0.6) is 0 Å². The molecule has 1 heterocycles. The Morgan fingerprint density at radius 1 is 1.53 bits per heavy atom. The number of nitrogens with two attached hydrogens (primary N) is 1. The second-order valence-electron chi connectivity index (χ2n) is 4.45. The molecular formula is C13H20N2O2. The first kappa shape index (κ1) is 12.4. The highest BCUT2D eigenvalue weighted by Crippen LogP contribution is 2.27. The summed E-state index contributed by atoms with van der Waals surface area (Å²) in [5.41, 5.74) is 8.22. The number of anilines is 1. The molecule has 4 heteroatoms. The van der Waals surface area contributed by atoms with Crippen molar-refractivity contribution in [3.8, 4) is 0 Å². The van der Waals surface area contributed by atoms with Gasteiger partial charge in [-0.15, -0.1) is 0 Å². The molecule has 4 nitrogen and oxygen atoms in total. The van der Waals surface area contributed by atoms with Gasteiger partial charge in [-0.1, -0.05) is 18.2 Å². The van der Waals surface area contributed by atoms with Gasteiger partial charge >= 0.3 is 0 Å². The van der Waals surface area contributed by atoms with E-state index in [4.69, 9.17) is 10.5 Å².